The fourth-order valence-corrected chi connectivity index (χ4v) is 4.16. The van der Waals surface area contributed by atoms with Gasteiger partial charge >= 0.3 is 5.97 Å². The average molecular weight is 328 g/mol. The minimum Gasteiger partial charge on any atom is -0.480 e. The SMILES string of the molecule is C=CCOCC(NC(=O)C1CSC2(C)CCC(=O)N12)C(=O)O. The van der Waals surface area contributed by atoms with Gasteiger partial charge in [0.2, 0.25) is 11.8 Å². The Balaban J connectivity index is 2.00. The minimum atomic E-state index is -1.17. The van der Waals surface area contributed by atoms with E-state index < -0.39 is 24.0 Å². The van der Waals surface area contributed by atoms with Gasteiger partial charge in [0, 0.05) is 12.2 Å². The second kappa shape index (κ2) is 6.70. The van der Waals surface area contributed by atoms with E-state index in [1.807, 2.05) is 6.92 Å². The van der Waals surface area contributed by atoms with Crippen LogP contribution >= 0.6 is 11.8 Å². The first-order valence-corrected chi connectivity index (χ1v) is 8.05. The molecule has 2 N–H and O–H groups in total. The van der Waals surface area contributed by atoms with Gasteiger partial charge in [0.25, 0.3) is 0 Å². The number of ether oxygens (including phenoxy) is 1. The molecule has 2 saturated heterocycles. The van der Waals surface area contributed by atoms with E-state index in [9.17, 15) is 14.4 Å². The highest BCUT2D eigenvalue weighted by Gasteiger charge is 2.53. The molecule has 2 aliphatic rings. The Kier molecular flexibility index (Phi) is 5.12. The summed E-state index contributed by atoms with van der Waals surface area (Å²) < 4.78 is 5.10. The van der Waals surface area contributed by atoms with Crippen LogP contribution in [0.4, 0.5) is 0 Å². The number of hydrogen-bond donors (Lipinski definition) is 2. The number of carbonyl (C=O) groups is 3. The van der Waals surface area contributed by atoms with E-state index in [2.05, 4.69) is 11.9 Å². The minimum absolute atomic E-state index is 0.0533. The van der Waals surface area contributed by atoms with Crippen LogP contribution in [-0.4, -0.2) is 63.7 Å². The van der Waals surface area contributed by atoms with E-state index in [1.165, 1.54) is 6.08 Å². The lowest BCUT2D eigenvalue weighted by atomic mass is 10.2. The molecular formula is C14H20N2O5S. The summed E-state index contributed by atoms with van der Waals surface area (Å²) in [5, 5.41) is 11.6. The Bertz CT molecular complexity index is 498. The second-order valence-corrected chi connectivity index (χ2v) is 6.99. The number of nitrogens with zero attached hydrogens (tertiary/aromatic N) is 1. The van der Waals surface area contributed by atoms with Crippen LogP contribution in [0.5, 0.6) is 0 Å². The molecule has 0 aromatic rings. The predicted octanol–water partition coefficient (Wildman–Crippen LogP) is 0.212. The molecule has 2 amide bonds. The summed E-state index contributed by atoms with van der Waals surface area (Å²) in [6.07, 6.45) is 2.64. The van der Waals surface area contributed by atoms with Gasteiger partial charge in [-0.15, -0.1) is 18.3 Å². The third kappa shape index (κ3) is 3.27. The number of fused-ring (bicyclic) bond motifs is 1. The van der Waals surface area contributed by atoms with E-state index in [-0.39, 0.29) is 24.0 Å². The number of carboxylic acids is 1. The molecule has 0 aromatic heterocycles. The van der Waals surface area contributed by atoms with Crippen LogP contribution < -0.4 is 5.32 Å². The van der Waals surface area contributed by atoms with Crippen LogP contribution in [0, 0.1) is 0 Å². The Morgan fingerprint density at radius 1 is 1.68 bits per heavy atom. The van der Waals surface area contributed by atoms with Gasteiger partial charge in [-0.25, -0.2) is 4.79 Å². The number of aliphatic carboxylic acids is 1. The Morgan fingerprint density at radius 2 is 2.41 bits per heavy atom. The van der Waals surface area contributed by atoms with Gasteiger partial charge in [-0.05, 0) is 13.3 Å². The van der Waals surface area contributed by atoms with Crippen LogP contribution in [-0.2, 0) is 19.1 Å². The number of carboxylic acid groups (broad SMARTS) is 1. The fraction of sp³-hybridized carbons (Fsp3) is 0.643. The van der Waals surface area contributed by atoms with Gasteiger partial charge in [-0.2, -0.15) is 0 Å². The summed E-state index contributed by atoms with van der Waals surface area (Å²) >= 11 is 1.56. The van der Waals surface area contributed by atoms with Crippen molar-refractivity contribution in [2.75, 3.05) is 19.0 Å². The molecule has 0 spiro atoms. The van der Waals surface area contributed by atoms with Gasteiger partial charge < -0.3 is 20.1 Å². The van der Waals surface area contributed by atoms with Crippen LogP contribution in [0.15, 0.2) is 12.7 Å². The molecule has 7 nitrogen and oxygen atoms in total. The molecule has 0 radical (unpaired) electrons. The van der Waals surface area contributed by atoms with E-state index >= 15 is 0 Å². The molecule has 0 saturated carbocycles. The maximum atomic E-state index is 12.4. The van der Waals surface area contributed by atoms with Crippen molar-refractivity contribution in [2.24, 2.45) is 0 Å². The third-order valence-corrected chi connectivity index (χ3v) is 5.39. The maximum absolute atomic E-state index is 12.4. The van der Waals surface area contributed by atoms with Crippen molar-refractivity contribution in [1.29, 1.82) is 0 Å². The van der Waals surface area contributed by atoms with Crippen LogP contribution in [0.2, 0.25) is 0 Å². The van der Waals surface area contributed by atoms with Gasteiger partial charge in [-0.3, -0.25) is 9.59 Å². The molecular weight excluding hydrogens is 308 g/mol. The average Bonchev–Trinajstić information content (AvgIpc) is 2.95. The first-order valence-electron chi connectivity index (χ1n) is 7.07. The molecule has 2 aliphatic heterocycles. The summed E-state index contributed by atoms with van der Waals surface area (Å²) in [5.41, 5.74) is 0. The predicted molar refractivity (Wildman–Crippen MR) is 81.3 cm³/mol. The number of amides is 2. The molecule has 2 fully saturated rings. The first kappa shape index (κ1) is 16.8. The molecule has 2 rings (SSSR count). The highest BCUT2D eigenvalue weighted by molar-refractivity contribution is 8.01. The molecule has 0 bridgehead atoms. The zero-order chi connectivity index (χ0) is 16.3. The largest absolute Gasteiger partial charge is 0.480 e. The van der Waals surface area contributed by atoms with E-state index in [0.717, 1.165) is 0 Å². The van der Waals surface area contributed by atoms with Crippen LogP contribution in [0.1, 0.15) is 19.8 Å². The lowest BCUT2D eigenvalue weighted by Gasteiger charge is -2.30. The van der Waals surface area contributed by atoms with E-state index in [0.29, 0.717) is 18.6 Å². The summed E-state index contributed by atoms with van der Waals surface area (Å²) in [6.45, 7) is 5.48. The van der Waals surface area contributed by atoms with Crippen molar-refractivity contribution in [1.82, 2.24) is 10.2 Å². The summed E-state index contributed by atoms with van der Waals surface area (Å²) in [6, 6.07) is -1.76. The molecule has 0 aliphatic carbocycles. The summed E-state index contributed by atoms with van der Waals surface area (Å²) in [4.78, 5) is 36.8. The molecule has 122 valence electrons. The molecule has 3 atom stereocenters. The van der Waals surface area contributed by atoms with Crippen molar-refractivity contribution >= 4 is 29.5 Å². The van der Waals surface area contributed by atoms with Crippen LogP contribution in [0.25, 0.3) is 0 Å². The summed E-state index contributed by atoms with van der Waals surface area (Å²) in [5.74, 6) is -1.18. The monoisotopic (exact) mass is 328 g/mol. The van der Waals surface area contributed by atoms with E-state index in [1.54, 1.807) is 16.7 Å². The fourth-order valence-electron chi connectivity index (χ4n) is 2.73. The zero-order valence-corrected chi connectivity index (χ0v) is 13.2. The lowest BCUT2D eigenvalue weighted by molar-refractivity contribution is -0.145. The number of hydrogen-bond acceptors (Lipinski definition) is 5. The van der Waals surface area contributed by atoms with Crippen molar-refractivity contribution in [3.63, 3.8) is 0 Å². The van der Waals surface area contributed by atoms with Gasteiger partial charge in [0.15, 0.2) is 6.04 Å². The number of carbonyl (C=O) groups excluding carboxylic acids is 2. The van der Waals surface area contributed by atoms with Crippen molar-refractivity contribution < 1.29 is 24.2 Å². The quantitative estimate of drug-likeness (QED) is 0.512. The molecule has 8 heteroatoms. The Labute approximate surface area is 133 Å². The highest BCUT2D eigenvalue weighted by atomic mass is 32.2. The van der Waals surface area contributed by atoms with Gasteiger partial charge in [0.05, 0.1) is 18.1 Å². The zero-order valence-electron chi connectivity index (χ0n) is 12.4. The summed E-state index contributed by atoms with van der Waals surface area (Å²) in [7, 11) is 0. The number of rotatable bonds is 7. The van der Waals surface area contributed by atoms with Crippen molar-refractivity contribution in [3.05, 3.63) is 12.7 Å². The number of nitrogens with one attached hydrogen (secondary N) is 1. The Hall–Kier alpha value is -1.54. The standard InChI is InChI=1S/C14H20N2O5S/c1-3-6-21-7-9(13(19)20)15-12(18)10-8-22-14(2)5-4-11(17)16(10)14/h3,9-10H,1,4-8H2,2H3,(H,15,18)(H,19,20). The van der Waals surface area contributed by atoms with Gasteiger partial charge in [0.1, 0.15) is 6.04 Å². The molecule has 22 heavy (non-hydrogen) atoms. The lowest BCUT2D eigenvalue weighted by Crippen LogP contribution is -2.54. The molecule has 3 unspecified atom stereocenters. The van der Waals surface area contributed by atoms with Crippen molar-refractivity contribution in [2.45, 2.75) is 36.7 Å². The Morgan fingerprint density at radius 3 is 3.05 bits per heavy atom. The maximum Gasteiger partial charge on any atom is 0.328 e. The second-order valence-electron chi connectivity index (χ2n) is 5.49. The molecule has 2 heterocycles. The number of thioether (sulfide) groups is 1. The first-order chi connectivity index (χ1) is 10.4. The highest BCUT2D eigenvalue weighted by Crippen LogP contribution is 2.47. The third-order valence-electron chi connectivity index (χ3n) is 3.88. The normalized spacial score (nSPS) is 28.3. The van der Waals surface area contributed by atoms with Crippen molar-refractivity contribution in [3.8, 4) is 0 Å². The topological polar surface area (TPSA) is 95.9 Å². The van der Waals surface area contributed by atoms with Gasteiger partial charge in [-0.1, -0.05) is 6.08 Å². The van der Waals surface area contributed by atoms with E-state index in [4.69, 9.17) is 9.84 Å². The van der Waals surface area contributed by atoms with Crippen LogP contribution in [0.3, 0.4) is 0 Å². The smallest absolute Gasteiger partial charge is 0.328 e. The molecule has 0 aromatic carbocycles.